The molecule has 0 aliphatic rings. The molecule has 1 aromatic heterocycles. The smallest absolute Gasteiger partial charge is 0.244 e. The summed E-state index contributed by atoms with van der Waals surface area (Å²) in [7, 11) is -2.00. The third-order valence-corrected chi connectivity index (χ3v) is 4.88. The Labute approximate surface area is 124 Å². The molecule has 0 fully saturated rings. The molecule has 0 saturated carbocycles. The molecule has 1 atom stereocenters. The van der Waals surface area contributed by atoms with Gasteiger partial charge in [0.15, 0.2) is 0 Å². The maximum Gasteiger partial charge on any atom is 0.244 e. The largest absolute Gasteiger partial charge is 0.497 e. The van der Waals surface area contributed by atoms with Gasteiger partial charge in [-0.05, 0) is 31.0 Å². The van der Waals surface area contributed by atoms with E-state index >= 15 is 0 Å². The maximum atomic E-state index is 12.4. The van der Waals surface area contributed by atoms with Gasteiger partial charge in [0.1, 0.15) is 10.6 Å². The van der Waals surface area contributed by atoms with Crippen molar-refractivity contribution in [1.82, 2.24) is 14.9 Å². The molecule has 0 aliphatic heterocycles. The lowest BCUT2D eigenvalue weighted by atomic mass is 10.1. The van der Waals surface area contributed by atoms with Gasteiger partial charge in [-0.1, -0.05) is 19.1 Å². The number of aromatic amines is 1. The summed E-state index contributed by atoms with van der Waals surface area (Å²) in [6, 6.07) is 7.05. The van der Waals surface area contributed by atoms with E-state index in [1.807, 2.05) is 31.2 Å². The van der Waals surface area contributed by atoms with Gasteiger partial charge in [0.2, 0.25) is 10.0 Å². The Morgan fingerprint density at radius 1 is 1.33 bits per heavy atom. The van der Waals surface area contributed by atoms with Crippen LogP contribution in [-0.2, 0) is 10.0 Å². The first-order chi connectivity index (χ1) is 9.97. The summed E-state index contributed by atoms with van der Waals surface area (Å²) < 4.78 is 32.6. The van der Waals surface area contributed by atoms with Gasteiger partial charge in [0, 0.05) is 6.04 Å². The number of hydrogen-bond acceptors (Lipinski definition) is 4. The number of nitrogens with one attached hydrogen (secondary N) is 2. The molecule has 0 spiro atoms. The molecule has 6 nitrogen and oxygen atoms in total. The molecular formula is C14H19N3O3S. The molecule has 1 aromatic carbocycles. The number of nitrogens with zero attached hydrogens (tertiary/aromatic N) is 1. The quantitative estimate of drug-likeness (QED) is 0.856. The van der Waals surface area contributed by atoms with Gasteiger partial charge in [0.05, 0.1) is 19.0 Å². The molecule has 0 bridgehead atoms. The molecule has 2 N–H and O–H groups in total. The topological polar surface area (TPSA) is 84.1 Å². The first kappa shape index (κ1) is 15.5. The van der Waals surface area contributed by atoms with Crippen molar-refractivity contribution in [3.05, 3.63) is 41.7 Å². The van der Waals surface area contributed by atoms with Gasteiger partial charge < -0.3 is 4.74 Å². The van der Waals surface area contributed by atoms with E-state index in [2.05, 4.69) is 14.9 Å². The Kier molecular flexibility index (Phi) is 4.64. The lowest BCUT2D eigenvalue weighted by Gasteiger charge is -2.17. The van der Waals surface area contributed by atoms with E-state index in [4.69, 9.17) is 4.74 Å². The summed E-state index contributed by atoms with van der Waals surface area (Å²) in [5, 5.41) is 6.39. The van der Waals surface area contributed by atoms with E-state index in [1.165, 1.54) is 6.20 Å². The van der Waals surface area contributed by atoms with Gasteiger partial charge in [-0.3, -0.25) is 5.10 Å². The molecule has 1 unspecified atom stereocenters. The second-order valence-corrected chi connectivity index (χ2v) is 6.40. The van der Waals surface area contributed by atoms with Crippen LogP contribution >= 0.6 is 0 Å². The minimum absolute atomic E-state index is 0.175. The van der Waals surface area contributed by atoms with Crippen LogP contribution in [0.4, 0.5) is 0 Å². The minimum atomic E-state index is -3.60. The molecule has 0 amide bonds. The number of rotatable bonds is 6. The predicted molar refractivity (Wildman–Crippen MR) is 79.7 cm³/mol. The number of hydrogen-bond donors (Lipinski definition) is 2. The fourth-order valence-electron chi connectivity index (χ4n) is 2.08. The van der Waals surface area contributed by atoms with Gasteiger partial charge >= 0.3 is 0 Å². The van der Waals surface area contributed by atoms with Crippen molar-refractivity contribution < 1.29 is 13.2 Å². The van der Waals surface area contributed by atoms with Crippen LogP contribution in [0.3, 0.4) is 0 Å². The van der Waals surface area contributed by atoms with Crippen LogP contribution in [0.2, 0.25) is 0 Å². The Balaban J connectivity index is 2.24. The number of aryl methyl sites for hydroxylation is 1. The van der Waals surface area contributed by atoms with Crippen LogP contribution in [-0.4, -0.2) is 25.7 Å². The standard InChI is InChI=1S/C14H19N3O3S/c1-4-13(11-5-7-12(20-3)8-6-11)17-21(18,19)14-9-15-16-10(14)2/h5-9,13,17H,4H2,1-3H3,(H,15,16). The van der Waals surface area contributed by atoms with Gasteiger partial charge in [-0.25, -0.2) is 13.1 Å². The fourth-order valence-corrected chi connectivity index (χ4v) is 3.53. The lowest BCUT2D eigenvalue weighted by molar-refractivity contribution is 0.414. The molecule has 2 aromatic rings. The summed E-state index contributed by atoms with van der Waals surface area (Å²) in [6.07, 6.45) is 1.96. The average Bonchev–Trinajstić information content (AvgIpc) is 2.92. The third kappa shape index (κ3) is 3.43. The van der Waals surface area contributed by atoms with Crippen molar-refractivity contribution in [3.8, 4) is 5.75 Å². The zero-order valence-electron chi connectivity index (χ0n) is 12.3. The van der Waals surface area contributed by atoms with Gasteiger partial charge in [-0.15, -0.1) is 0 Å². The van der Waals surface area contributed by atoms with E-state index in [0.29, 0.717) is 12.1 Å². The molecule has 21 heavy (non-hydrogen) atoms. The molecule has 114 valence electrons. The third-order valence-electron chi connectivity index (χ3n) is 3.30. The monoisotopic (exact) mass is 309 g/mol. The van der Waals surface area contributed by atoms with Crippen LogP contribution in [0.15, 0.2) is 35.4 Å². The van der Waals surface area contributed by atoms with Crippen molar-refractivity contribution in [2.45, 2.75) is 31.2 Å². The summed E-state index contributed by atoms with van der Waals surface area (Å²) in [5.74, 6) is 0.738. The Bertz CT molecular complexity index is 693. The predicted octanol–water partition coefficient (Wildman–Crippen LogP) is 2.16. The second kappa shape index (κ2) is 6.28. The summed E-state index contributed by atoms with van der Waals surface area (Å²) >= 11 is 0. The van der Waals surface area contributed by atoms with Crippen molar-refractivity contribution in [2.24, 2.45) is 0 Å². The molecule has 0 radical (unpaired) electrons. The normalized spacial score (nSPS) is 13.1. The van der Waals surface area contributed by atoms with E-state index in [-0.39, 0.29) is 10.9 Å². The Morgan fingerprint density at radius 2 is 2.00 bits per heavy atom. The van der Waals surface area contributed by atoms with E-state index in [9.17, 15) is 8.42 Å². The molecule has 2 rings (SSSR count). The van der Waals surface area contributed by atoms with Crippen LogP contribution in [0.1, 0.15) is 30.6 Å². The minimum Gasteiger partial charge on any atom is -0.497 e. The van der Waals surface area contributed by atoms with Crippen molar-refractivity contribution in [3.63, 3.8) is 0 Å². The molecule has 7 heteroatoms. The van der Waals surface area contributed by atoms with Crippen LogP contribution in [0, 0.1) is 6.92 Å². The number of aromatic nitrogens is 2. The number of H-pyrrole nitrogens is 1. The first-order valence-corrected chi connectivity index (χ1v) is 8.12. The summed E-state index contributed by atoms with van der Waals surface area (Å²) in [5.41, 5.74) is 1.41. The van der Waals surface area contributed by atoms with Gasteiger partial charge in [-0.2, -0.15) is 5.10 Å². The van der Waals surface area contributed by atoms with E-state index in [0.717, 1.165) is 11.3 Å². The number of sulfonamides is 1. The molecular weight excluding hydrogens is 290 g/mol. The first-order valence-electron chi connectivity index (χ1n) is 6.64. The molecule has 0 aliphatic carbocycles. The number of ether oxygens (including phenoxy) is 1. The molecule has 0 saturated heterocycles. The van der Waals surface area contributed by atoms with E-state index in [1.54, 1.807) is 14.0 Å². The SMILES string of the molecule is CCC(NS(=O)(=O)c1cn[nH]c1C)c1ccc(OC)cc1. The van der Waals surface area contributed by atoms with Crippen molar-refractivity contribution in [2.75, 3.05) is 7.11 Å². The van der Waals surface area contributed by atoms with Crippen LogP contribution < -0.4 is 9.46 Å². The summed E-state index contributed by atoms with van der Waals surface area (Å²) in [6.45, 7) is 3.61. The Morgan fingerprint density at radius 3 is 2.48 bits per heavy atom. The summed E-state index contributed by atoms with van der Waals surface area (Å²) in [4.78, 5) is 0.175. The maximum absolute atomic E-state index is 12.4. The lowest BCUT2D eigenvalue weighted by Crippen LogP contribution is -2.28. The van der Waals surface area contributed by atoms with E-state index < -0.39 is 10.0 Å². The number of benzene rings is 1. The zero-order valence-corrected chi connectivity index (χ0v) is 13.1. The van der Waals surface area contributed by atoms with Crippen molar-refractivity contribution >= 4 is 10.0 Å². The van der Waals surface area contributed by atoms with Crippen LogP contribution in [0.25, 0.3) is 0 Å². The Hall–Kier alpha value is -1.86. The highest BCUT2D eigenvalue weighted by Gasteiger charge is 2.23. The highest BCUT2D eigenvalue weighted by Crippen LogP contribution is 2.23. The zero-order chi connectivity index (χ0) is 15.5. The molecule has 1 heterocycles. The average molecular weight is 309 g/mol. The number of methoxy groups -OCH3 is 1. The van der Waals surface area contributed by atoms with Gasteiger partial charge in [0.25, 0.3) is 0 Å². The fraction of sp³-hybridized carbons (Fsp3) is 0.357. The van der Waals surface area contributed by atoms with Crippen molar-refractivity contribution in [1.29, 1.82) is 0 Å². The highest BCUT2D eigenvalue weighted by molar-refractivity contribution is 7.89. The van der Waals surface area contributed by atoms with Crippen LogP contribution in [0.5, 0.6) is 5.75 Å². The highest BCUT2D eigenvalue weighted by atomic mass is 32.2. The second-order valence-electron chi connectivity index (χ2n) is 4.71.